The molecule has 2 rings (SSSR count). The standard InChI is InChI=1S/C20H31N3O3/c1-6-8-17(25)23-10-7-9-22(11-12-23)15(4)20(26)19-13(2)18(16(5)24)14(3)21-19/h15,21H,6-12H2,1-5H3. The van der Waals surface area contributed by atoms with E-state index in [4.69, 9.17) is 0 Å². The van der Waals surface area contributed by atoms with Gasteiger partial charge in [-0.25, -0.2) is 0 Å². The number of hydrogen-bond acceptors (Lipinski definition) is 4. The third-order valence-electron chi connectivity index (χ3n) is 5.31. The Hall–Kier alpha value is -1.95. The van der Waals surface area contributed by atoms with Crippen molar-refractivity contribution in [3.8, 4) is 0 Å². The number of rotatable bonds is 6. The Kier molecular flexibility index (Phi) is 6.75. The molecule has 1 saturated heterocycles. The van der Waals surface area contributed by atoms with Gasteiger partial charge in [0, 0.05) is 43.9 Å². The molecular formula is C20H31N3O3. The molecule has 0 aromatic carbocycles. The summed E-state index contributed by atoms with van der Waals surface area (Å²) < 4.78 is 0. The van der Waals surface area contributed by atoms with Crippen LogP contribution in [-0.2, 0) is 4.79 Å². The van der Waals surface area contributed by atoms with Crippen molar-refractivity contribution >= 4 is 17.5 Å². The van der Waals surface area contributed by atoms with E-state index in [0.717, 1.165) is 37.2 Å². The van der Waals surface area contributed by atoms with E-state index in [0.29, 0.717) is 30.8 Å². The number of aromatic nitrogens is 1. The third kappa shape index (κ3) is 4.23. The van der Waals surface area contributed by atoms with Gasteiger partial charge in [0.2, 0.25) is 5.91 Å². The zero-order valence-corrected chi connectivity index (χ0v) is 16.6. The van der Waals surface area contributed by atoms with Crippen LogP contribution >= 0.6 is 0 Å². The molecule has 1 aromatic rings. The molecule has 1 aliphatic rings. The van der Waals surface area contributed by atoms with E-state index in [-0.39, 0.29) is 23.5 Å². The predicted molar refractivity (Wildman–Crippen MR) is 102 cm³/mol. The minimum Gasteiger partial charge on any atom is -0.355 e. The lowest BCUT2D eigenvalue weighted by Crippen LogP contribution is -2.42. The normalized spacial score (nSPS) is 17.0. The smallest absolute Gasteiger partial charge is 0.222 e. The molecule has 1 aromatic heterocycles. The number of carbonyl (C=O) groups is 3. The minimum atomic E-state index is -0.284. The summed E-state index contributed by atoms with van der Waals surface area (Å²) in [5.41, 5.74) is 2.63. The van der Waals surface area contributed by atoms with E-state index in [9.17, 15) is 14.4 Å². The van der Waals surface area contributed by atoms with Gasteiger partial charge in [-0.05, 0) is 46.1 Å². The van der Waals surface area contributed by atoms with Gasteiger partial charge in [-0.3, -0.25) is 19.3 Å². The molecule has 0 saturated carbocycles. The topological polar surface area (TPSA) is 73.5 Å². The summed E-state index contributed by atoms with van der Waals surface area (Å²) in [4.78, 5) is 44.1. The lowest BCUT2D eigenvalue weighted by Gasteiger charge is -2.26. The van der Waals surface area contributed by atoms with Gasteiger partial charge >= 0.3 is 0 Å². The predicted octanol–water partition coefficient (Wildman–Crippen LogP) is 2.74. The number of nitrogens with zero attached hydrogens (tertiary/aromatic N) is 2. The highest BCUT2D eigenvalue weighted by Crippen LogP contribution is 2.21. The van der Waals surface area contributed by atoms with Crippen LogP contribution in [0.2, 0.25) is 0 Å². The number of hydrogen-bond donors (Lipinski definition) is 1. The SMILES string of the molecule is CCCC(=O)N1CCCN(C(C)C(=O)c2[nH]c(C)c(C(C)=O)c2C)CC1. The van der Waals surface area contributed by atoms with Gasteiger partial charge in [0.05, 0.1) is 11.7 Å². The Morgan fingerprint density at radius 2 is 1.81 bits per heavy atom. The van der Waals surface area contributed by atoms with Gasteiger partial charge in [-0.15, -0.1) is 0 Å². The van der Waals surface area contributed by atoms with Gasteiger partial charge < -0.3 is 9.88 Å². The monoisotopic (exact) mass is 361 g/mol. The van der Waals surface area contributed by atoms with Crippen molar-refractivity contribution in [2.24, 2.45) is 0 Å². The highest BCUT2D eigenvalue weighted by Gasteiger charge is 2.29. The van der Waals surface area contributed by atoms with E-state index < -0.39 is 0 Å². The van der Waals surface area contributed by atoms with Gasteiger partial charge in [-0.1, -0.05) is 6.92 Å². The lowest BCUT2D eigenvalue weighted by molar-refractivity contribution is -0.131. The summed E-state index contributed by atoms with van der Waals surface area (Å²) in [7, 11) is 0. The highest BCUT2D eigenvalue weighted by molar-refractivity contribution is 6.05. The van der Waals surface area contributed by atoms with Crippen LogP contribution in [0, 0.1) is 13.8 Å². The highest BCUT2D eigenvalue weighted by atomic mass is 16.2. The summed E-state index contributed by atoms with van der Waals surface area (Å²) in [5, 5.41) is 0. The molecule has 2 heterocycles. The summed E-state index contributed by atoms with van der Waals surface area (Å²) in [6, 6.07) is -0.284. The number of ketones is 2. The molecule has 144 valence electrons. The fraction of sp³-hybridized carbons (Fsp3) is 0.650. The second-order valence-electron chi connectivity index (χ2n) is 7.24. The van der Waals surface area contributed by atoms with Crippen molar-refractivity contribution in [2.45, 2.75) is 59.9 Å². The molecule has 0 aliphatic carbocycles. The molecule has 26 heavy (non-hydrogen) atoms. The molecule has 1 amide bonds. The molecule has 1 unspecified atom stereocenters. The molecule has 6 heteroatoms. The van der Waals surface area contributed by atoms with Crippen molar-refractivity contribution in [3.63, 3.8) is 0 Å². The third-order valence-corrected chi connectivity index (χ3v) is 5.31. The van der Waals surface area contributed by atoms with Crippen LogP contribution in [0.5, 0.6) is 0 Å². The quantitative estimate of drug-likeness (QED) is 0.791. The maximum Gasteiger partial charge on any atom is 0.222 e. The van der Waals surface area contributed by atoms with Gasteiger partial charge in [0.15, 0.2) is 11.6 Å². The fourth-order valence-corrected chi connectivity index (χ4v) is 3.85. The van der Waals surface area contributed by atoms with E-state index in [1.807, 2.05) is 32.6 Å². The number of aromatic amines is 1. The van der Waals surface area contributed by atoms with Gasteiger partial charge in [-0.2, -0.15) is 0 Å². The average Bonchev–Trinajstić information content (AvgIpc) is 2.77. The Morgan fingerprint density at radius 3 is 2.38 bits per heavy atom. The Bertz CT molecular complexity index is 693. The second kappa shape index (κ2) is 8.62. The first kappa shape index (κ1) is 20.4. The molecule has 1 N–H and O–H groups in total. The molecule has 6 nitrogen and oxygen atoms in total. The molecule has 0 radical (unpaired) electrons. The largest absolute Gasteiger partial charge is 0.355 e. The first-order valence-corrected chi connectivity index (χ1v) is 9.54. The Morgan fingerprint density at radius 1 is 1.12 bits per heavy atom. The Labute approximate surface area is 155 Å². The van der Waals surface area contributed by atoms with Crippen LogP contribution in [-0.4, -0.2) is 64.5 Å². The average molecular weight is 361 g/mol. The van der Waals surface area contributed by atoms with E-state index in [2.05, 4.69) is 9.88 Å². The molecule has 1 fully saturated rings. The van der Waals surface area contributed by atoms with Gasteiger partial charge in [0.25, 0.3) is 0 Å². The van der Waals surface area contributed by atoms with Crippen LogP contribution in [0.15, 0.2) is 0 Å². The zero-order chi connectivity index (χ0) is 19.4. The number of nitrogens with one attached hydrogen (secondary N) is 1. The number of amides is 1. The van der Waals surface area contributed by atoms with Crippen LogP contribution in [0.25, 0.3) is 0 Å². The fourth-order valence-electron chi connectivity index (χ4n) is 3.85. The Balaban J connectivity index is 2.10. The number of H-pyrrole nitrogens is 1. The van der Waals surface area contributed by atoms with Crippen molar-refractivity contribution in [1.82, 2.24) is 14.8 Å². The maximum atomic E-state index is 13.0. The van der Waals surface area contributed by atoms with Gasteiger partial charge in [0.1, 0.15) is 0 Å². The van der Waals surface area contributed by atoms with E-state index >= 15 is 0 Å². The van der Waals surface area contributed by atoms with Crippen molar-refractivity contribution in [2.75, 3.05) is 26.2 Å². The molecule has 1 aliphatic heterocycles. The summed E-state index contributed by atoms with van der Waals surface area (Å²) in [6.45, 7) is 12.0. The number of Topliss-reactive ketones (excluding diaryl/α,β-unsaturated/α-hetero) is 2. The van der Waals surface area contributed by atoms with Crippen molar-refractivity contribution in [1.29, 1.82) is 0 Å². The van der Waals surface area contributed by atoms with Crippen LogP contribution in [0.3, 0.4) is 0 Å². The summed E-state index contributed by atoms with van der Waals surface area (Å²) >= 11 is 0. The molecule has 0 bridgehead atoms. The molecular weight excluding hydrogens is 330 g/mol. The second-order valence-corrected chi connectivity index (χ2v) is 7.24. The lowest BCUT2D eigenvalue weighted by atomic mass is 10.0. The van der Waals surface area contributed by atoms with Crippen LogP contribution in [0.4, 0.5) is 0 Å². The van der Waals surface area contributed by atoms with Crippen LogP contribution < -0.4 is 0 Å². The first-order chi connectivity index (χ1) is 12.3. The molecule has 1 atom stereocenters. The maximum absolute atomic E-state index is 13.0. The molecule has 0 spiro atoms. The minimum absolute atomic E-state index is 0.00596. The first-order valence-electron chi connectivity index (χ1n) is 9.54. The van der Waals surface area contributed by atoms with Crippen molar-refractivity contribution < 1.29 is 14.4 Å². The summed E-state index contributed by atoms with van der Waals surface area (Å²) in [6.07, 6.45) is 2.32. The number of aryl methyl sites for hydroxylation is 1. The summed E-state index contributed by atoms with van der Waals surface area (Å²) in [5.74, 6) is 0.185. The number of carbonyl (C=O) groups excluding carboxylic acids is 3. The van der Waals surface area contributed by atoms with E-state index in [1.165, 1.54) is 6.92 Å². The van der Waals surface area contributed by atoms with Crippen LogP contribution in [0.1, 0.15) is 72.1 Å². The van der Waals surface area contributed by atoms with E-state index in [1.54, 1.807) is 0 Å². The zero-order valence-electron chi connectivity index (χ0n) is 16.6. The van der Waals surface area contributed by atoms with Crippen molar-refractivity contribution in [3.05, 3.63) is 22.5 Å².